The van der Waals surface area contributed by atoms with Crippen LogP contribution in [0, 0.1) is 5.92 Å². The summed E-state index contributed by atoms with van der Waals surface area (Å²) in [5.41, 5.74) is 0. The van der Waals surface area contributed by atoms with Crippen LogP contribution in [-0.2, 0) is 6.42 Å². The minimum absolute atomic E-state index is 0.241. The van der Waals surface area contributed by atoms with Crippen LogP contribution in [0.15, 0.2) is 4.52 Å². The largest absolute Gasteiger partial charge is 0.475 e. The molecule has 1 saturated carbocycles. The summed E-state index contributed by atoms with van der Waals surface area (Å²) in [5.74, 6) is -0.317. The number of carboxylic acid groups (broad SMARTS) is 1. The van der Waals surface area contributed by atoms with Crippen LogP contribution in [0.4, 0.5) is 0 Å². The molecule has 1 aromatic heterocycles. The van der Waals surface area contributed by atoms with Crippen LogP contribution in [-0.4, -0.2) is 21.2 Å². The van der Waals surface area contributed by atoms with E-state index < -0.39 is 5.97 Å². The van der Waals surface area contributed by atoms with Crippen molar-refractivity contribution in [2.24, 2.45) is 5.92 Å². The lowest BCUT2D eigenvalue weighted by atomic mass is 9.83. The number of carboxylic acids is 1. The molecule has 0 bridgehead atoms. The molecule has 0 spiro atoms. The Morgan fingerprint density at radius 1 is 1.62 bits per heavy atom. The molecule has 0 aliphatic heterocycles. The average molecular weight is 182 g/mol. The quantitative estimate of drug-likeness (QED) is 0.757. The van der Waals surface area contributed by atoms with E-state index in [-0.39, 0.29) is 5.82 Å². The van der Waals surface area contributed by atoms with Crippen LogP contribution in [0.5, 0.6) is 0 Å². The van der Waals surface area contributed by atoms with Crippen molar-refractivity contribution in [3.05, 3.63) is 11.7 Å². The molecule has 0 saturated heterocycles. The van der Waals surface area contributed by atoms with Gasteiger partial charge in [-0.15, -0.1) is 0 Å². The van der Waals surface area contributed by atoms with Gasteiger partial charge in [0.25, 0.3) is 5.82 Å². The van der Waals surface area contributed by atoms with Gasteiger partial charge in [-0.1, -0.05) is 6.42 Å². The van der Waals surface area contributed by atoms with E-state index in [9.17, 15) is 4.79 Å². The SMILES string of the molecule is O=C(O)c1noc(CC2CCC2)n1. The van der Waals surface area contributed by atoms with Crippen LogP contribution in [0.3, 0.4) is 0 Å². The van der Waals surface area contributed by atoms with Gasteiger partial charge in [0, 0.05) is 6.42 Å². The molecule has 5 nitrogen and oxygen atoms in total. The molecule has 1 heterocycles. The van der Waals surface area contributed by atoms with Gasteiger partial charge in [0.2, 0.25) is 5.89 Å². The summed E-state index contributed by atoms with van der Waals surface area (Å²) < 4.78 is 4.79. The highest BCUT2D eigenvalue weighted by Gasteiger charge is 2.21. The fourth-order valence-corrected chi connectivity index (χ4v) is 1.37. The lowest BCUT2D eigenvalue weighted by molar-refractivity contribution is 0.0680. The molecule has 1 N–H and O–H groups in total. The highest BCUT2D eigenvalue weighted by molar-refractivity contribution is 5.82. The molecular weight excluding hydrogens is 172 g/mol. The zero-order valence-corrected chi connectivity index (χ0v) is 7.06. The van der Waals surface area contributed by atoms with Crippen molar-refractivity contribution >= 4 is 5.97 Å². The number of carbonyl (C=O) groups is 1. The first kappa shape index (κ1) is 8.22. The topological polar surface area (TPSA) is 76.2 Å². The van der Waals surface area contributed by atoms with E-state index in [0.717, 1.165) is 6.42 Å². The van der Waals surface area contributed by atoms with Crippen LogP contribution >= 0.6 is 0 Å². The van der Waals surface area contributed by atoms with Crippen LogP contribution in [0.25, 0.3) is 0 Å². The van der Waals surface area contributed by atoms with E-state index in [0.29, 0.717) is 11.8 Å². The van der Waals surface area contributed by atoms with Gasteiger partial charge < -0.3 is 9.63 Å². The standard InChI is InChI=1S/C8H10N2O3/c11-8(12)7-9-6(13-10-7)4-5-2-1-3-5/h5H,1-4H2,(H,11,12). The summed E-state index contributed by atoms with van der Waals surface area (Å²) in [6.07, 6.45) is 4.35. The lowest BCUT2D eigenvalue weighted by Crippen LogP contribution is -2.13. The molecule has 1 aromatic rings. The third kappa shape index (κ3) is 1.68. The minimum atomic E-state index is -1.14. The molecule has 5 heteroatoms. The lowest BCUT2D eigenvalue weighted by Gasteiger charge is -2.23. The first-order chi connectivity index (χ1) is 6.25. The van der Waals surface area contributed by atoms with Gasteiger partial charge in [-0.3, -0.25) is 0 Å². The van der Waals surface area contributed by atoms with E-state index in [1.54, 1.807) is 0 Å². The smallest absolute Gasteiger partial charge is 0.377 e. The van der Waals surface area contributed by atoms with E-state index in [2.05, 4.69) is 10.1 Å². The van der Waals surface area contributed by atoms with E-state index in [1.807, 2.05) is 0 Å². The van der Waals surface area contributed by atoms with Crippen molar-refractivity contribution in [1.82, 2.24) is 10.1 Å². The molecule has 1 aliphatic rings. The first-order valence-electron chi connectivity index (χ1n) is 4.31. The molecule has 70 valence electrons. The molecule has 2 rings (SSSR count). The van der Waals surface area contributed by atoms with Crippen molar-refractivity contribution < 1.29 is 14.4 Å². The Morgan fingerprint density at radius 2 is 2.38 bits per heavy atom. The Bertz CT molecular complexity index is 317. The molecule has 0 unspecified atom stereocenters. The number of hydrogen-bond donors (Lipinski definition) is 1. The van der Waals surface area contributed by atoms with Gasteiger partial charge in [0.05, 0.1) is 0 Å². The van der Waals surface area contributed by atoms with Crippen molar-refractivity contribution in [1.29, 1.82) is 0 Å². The monoisotopic (exact) mass is 182 g/mol. The first-order valence-corrected chi connectivity index (χ1v) is 4.31. The summed E-state index contributed by atoms with van der Waals surface area (Å²) >= 11 is 0. The zero-order valence-electron chi connectivity index (χ0n) is 7.06. The van der Waals surface area contributed by atoms with Crippen molar-refractivity contribution in [3.63, 3.8) is 0 Å². The predicted octanol–water partition coefficient (Wildman–Crippen LogP) is 1.11. The molecule has 1 fully saturated rings. The zero-order chi connectivity index (χ0) is 9.26. The fourth-order valence-electron chi connectivity index (χ4n) is 1.37. The van der Waals surface area contributed by atoms with Crippen LogP contribution in [0.1, 0.15) is 35.8 Å². The van der Waals surface area contributed by atoms with Gasteiger partial charge in [-0.05, 0) is 23.9 Å². The summed E-state index contributed by atoms with van der Waals surface area (Å²) in [7, 11) is 0. The second kappa shape index (κ2) is 3.16. The maximum Gasteiger partial charge on any atom is 0.377 e. The maximum atomic E-state index is 10.4. The highest BCUT2D eigenvalue weighted by Crippen LogP contribution is 2.29. The second-order valence-corrected chi connectivity index (χ2v) is 3.32. The summed E-state index contributed by atoms with van der Waals surface area (Å²) in [6.45, 7) is 0. The third-order valence-corrected chi connectivity index (χ3v) is 2.35. The molecule has 13 heavy (non-hydrogen) atoms. The van der Waals surface area contributed by atoms with Gasteiger partial charge in [-0.25, -0.2) is 4.79 Å². The minimum Gasteiger partial charge on any atom is -0.475 e. The van der Waals surface area contributed by atoms with E-state index in [4.69, 9.17) is 9.63 Å². The third-order valence-electron chi connectivity index (χ3n) is 2.35. The van der Waals surface area contributed by atoms with Gasteiger partial charge in [-0.2, -0.15) is 4.98 Å². The van der Waals surface area contributed by atoms with Gasteiger partial charge >= 0.3 is 5.97 Å². The van der Waals surface area contributed by atoms with E-state index in [1.165, 1.54) is 19.3 Å². The van der Waals surface area contributed by atoms with E-state index >= 15 is 0 Å². The molecular formula is C8H10N2O3. The molecule has 0 amide bonds. The Morgan fingerprint density at radius 3 is 2.85 bits per heavy atom. The Hall–Kier alpha value is -1.39. The van der Waals surface area contributed by atoms with Gasteiger partial charge in [0.15, 0.2) is 0 Å². The van der Waals surface area contributed by atoms with Crippen LogP contribution < -0.4 is 0 Å². The number of hydrogen-bond acceptors (Lipinski definition) is 4. The van der Waals surface area contributed by atoms with Gasteiger partial charge in [0.1, 0.15) is 0 Å². The van der Waals surface area contributed by atoms with Crippen molar-refractivity contribution in [2.45, 2.75) is 25.7 Å². The predicted molar refractivity (Wildman–Crippen MR) is 42.3 cm³/mol. The maximum absolute atomic E-state index is 10.4. The molecule has 1 aliphatic carbocycles. The Kier molecular flexibility index (Phi) is 2.00. The summed E-state index contributed by atoms with van der Waals surface area (Å²) in [5, 5.41) is 11.9. The van der Waals surface area contributed by atoms with Crippen molar-refractivity contribution in [2.75, 3.05) is 0 Å². The number of aromatic nitrogens is 2. The molecule has 0 atom stereocenters. The fraction of sp³-hybridized carbons (Fsp3) is 0.625. The molecule has 0 radical (unpaired) electrons. The summed E-state index contributed by atoms with van der Waals surface area (Å²) in [4.78, 5) is 14.2. The highest BCUT2D eigenvalue weighted by atomic mass is 16.5. The Labute approximate surface area is 74.8 Å². The molecule has 0 aromatic carbocycles. The van der Waals surface area contributed by atoms with Crippen molar-refractivity contribution in [3.8, 4) is 0 Å². The summed E-state index contributed by atoms with van der Waals surface area (Å²) in [6, 6.07) is 0. The normalized spacial score (nSPS) is 16.9. The number of rotatable bonds is 3. The number of nitrogens with zero attached hydrogens (tertiary/aromatic N) is 2. The Balaban J connectivity index is 2.00. The number of aromatic carboxylic acids is 1. The average Bonchev–Trinajstić information content (AvgIpc) is 2.44. The van der Waals surface area contributed by atoms with Crippen LogP contribution in [0.2, 0.25) is 0 Å². The second-order valence-electron chi connectivity index (χ2n) is 3.32.